The standard InChI is InChI=1S/C28H24ClNO2/c1-2-30-26-16-11-20-5-3-4-6-24(20)28(26)25(17-27(30)31)21-9-14-23(15-10-21)32-18-19-7-12-22(29)13-8-19/h3-16,25H,2,17-18H2,1H3. The first-order valence-corrected chi connectivity index (χ1v) is 11.3. The Morgan fingerprint density at radius 3 is 2.44 bits per heavy atom. The molecule has 4 heteroatoms. The van der Waals surface area contributed by atoms with Crippen molar-refractivity contribution in [3.05, 3.63) is 107 Å². The highest BCUT2D eigenvalue weighted by Crippen LogP contribution is 2.44. The Morgan fingerprint density at radius 2 is 1.69 bits per heavy atom. The van der Waals surface area contributed by atoms with Gasteiger partial charge in [0.25, 0.3) is 0 Å². The number of nitrogens with zero attached hydrogens (tertiary/aromatic N) is 1. The van der Waals surface area contributed by atoms with Crippen LogP contribution in [-0.2, 0) is 11.4 Å². The number of amides is 1. The summed E-state index contributed by atoms with van der Waals surface area (Å²) >= 11 is 5.95. The van der Waals surface area contributed by atoms with Crippen LogP contribution in [0.5, 0.6) is 5.75 Å². The van der Waals surface area contributed by atoms with Crippen LogP contribution in [0.2, 0.25) is 5.02 Å². The second-order valence-electron chi connectivity index (χ2n) is 8.10. The molecule has 0 bridgehead atoms. The van der Waals surface area contributed by atoms with E-state index < -0.39 is 0 Å². The van der Waals surface area contributed by atoms with E-state index in [0.29, 0.717) is 19.6 Å². The molecule has 0 spiro atoms. The summed E-state index contributed by atoms with van der Waals surface area (Å²) in [7, 11) is 0. The Kier molecular flexibility index (Phi) is 5.59. The lowest BCUT2D eigenvalue weighted by atomic mass is 9.81. The van der Waals surface area contributed by atoms with Gasteiger partial charge in [0.1, 0.15) is 12.4 Å². The predicted molar refractivity (Wildman–Crippen MR) is 131 cm³/mol. The van der Waals surface area contributed by atoms with E-state index in [1.807, 2.05) is 48.2 Å². The van der Waals surface area contributed by atoms with Gasteiger partial charge in [0, 0.05) is 29.6 Å². The molecule has 4 aromatic carbocycles. The van der Waals surface area contributed by atoms with Crippen LogP contribution < -0.4 is 9.64 Å². The number of carbonyl (C=O) groups excluding carboxylic acids is 1. The van der Waals surface area contributed by atoms with E-state index in [0.717, 1.165) is 27.6 Å². The van der Waals surface area contributed by atoms with Gasteiger partial charge in [0.15, 0.2) is 0 Å². The number of fused-ring (bicyclic) bond motifs is 3. The molecule has 1 aliphatic rings. The predicted octanol–water partition coefficient (Wildman–Crippen LogP) is 6.96. The van der Waals surface area contributed by atoms with E-state index in [9.17, 15) is 4.79 Å². The van der Waals surface area contributed by atoms with E-state index in [4.69, 9.17) is 16.3 Å². The number of hydrogen-bond acceptors (Lipinski definition) is 2. The van der Waals surface area contributed by atoms with Crippen LogP contribution in [0.25, 0.3) is 10.8 Å². The molecule has 32 heavy (non-hydrogen) atoms. The van der Waals surface area contributed by atoms with Gasteiger partial charge < -0.3 is 9.64 Å². The molecular formula is C28H24ClNO2. The van der Waals surface area contributed by atoms with E-state index in [-0.39, 0.29) is 11.8 Å². The second kappa shape index (κ2) is 8.68. The van der Waals surface area contributed by atoms with Gasteiger partial charge in [-0.3, -0.25) is 4.79 Å². The maximum Gasteiger partial charge on any atom is 0.227 e. The first-order chi connectivity index (χ1) is 15.6. The van der Waals surface area contributed by atoms with Crippen LogP contribution in [0.15, 0.2) is 84.9 Å². The number of rotatable bonds is 5. The van der Waals surface area contributed by atoms with Crippen molar-refractivity contribution in [2.45, 2.75) is 25.9 Å². The maximum atomic E-state index is 12.9. The molecule has 0 saturated carbocycles. The van der Waals surface area contributed by atoms with Crippen molar-refractivity contribution in [3.8, 4) is 5.75 Å². The largest absolute Gasteiger partial charge is 0.489 e. The van der Waals surface area contributed by atoms with Crippen LogP contribution in [0.4, 0.5) is 5.69 Å². The molecule has 0 aliphatic carbocycles. The summed E-state index contributed by atoms with van der Waals surface area (Å²) in [6, 6.07) is 28.4. The lowest BCUT2D eigenvalue weighted by molar-refractivity contribution is -0.119. The normalized spacial score (nSPS) is 15.6. The zero-order chi connectivity index (χ0) is 22.1. The average Bonchev–Trinajstić information content (AvgIpc) is 2.83. The minimum absolute atomic E-state index is 0.0247. The van der Waals surface area contributed by atoms with Gasteiger partial charge >= 0.3 is 0 Å². The van der Waals surface area contributed by atoms with Gasteiger partial charge in [0.2, 0.25) is 5.91 Å². The molecule has 1 aliphatic heterocycles. The number of anilines is 1. The molecule has 0 aromatic heterocycles. The van der Waals surface area contributed by atoms with Crippen molar-refractivity contribution < 1.29 is 9.53 Å². The molecule has 1 atom stereocenters. The Bertz CT molecular complexity index is 1270. The molecular weight excluding hydrogens is 418 g/mol. The monoisotopic (exact) mass is 441 g/mol. The van der Waals surface area contributed by atoms with Crippen molar-refractivity contribution in [1.29, 1.82) is 0 Å². The lowest BCUT2D eigenvalue weighted by Gasteiger charge is -2.34. The van der Waals surface area contributed by atoms with Crippen LogP contribution in [0, 0.1) is 0 Å². The summed E-state index contributed by atoms with van der Waals surface area (Å²) < 4.78 is 5.95. The first kappa shape index (κ1) is 20.6. The first-order valence-electron chi connectivity index (χ1n) is 10.9. The second-order valence-corrected chi connectivity index (χ2v) is 8.53. The summed E-state index contributed by atoms with van der Waals surface area (Å²) in [6.07, 6.45) is 0.472. The van der Waals surface area contributed by atoms with Crippen molar-refractivity contribution in [2.24, 2.45) is 0 Å². The molecule has 5 rings (SSSR count). The third-order valence-corrected chi connectivity index (χ3v) is 6.44. The van der Waals surface area contributed by atoms with Crippen molar-refractivity contribution >= 4 is 34.0 Å². The van der Waals surface area contributed by atoms with Gasteiger partial charge in [-0.1, -0.05) is 66.2 Å². The smallest absolute Gasteiger partial charge is 0.227 e. The summed E-state index contributed by atoms with van der Waals surface area (Å²) in [6.45, 7) is 3.19. The number of halogens is 1. The van der Waals surface area contributed by atoms with Gasteiger partial charge in [0.05, 0.1) is 0 Å². The highest BCUT2D eigenvalue weighted by Gasteiger charge is 2.32. The topological polar surface area (TPSA) is 29.5 Å². The fraction of sp³-hybridized carbons (Fsp3) is 0.179. The number of benzene rings is 4. The quantitative estimate of drug-likeness (QED) is 0.335. The minimum atomic E-state index is 0.0247. The lowest BCUT2D eigenvalue weighted by Crippen LogP contribution is -2.36. The Labute approximate surface area is 193 Å². The van der Waals surface area contributed by atoms with Gasteiger partial charge in [-0.2, -0.15) is 0 Å². The Morgan fingerprint density at radius 1 is 0.938 bits per heavy atom. The summed E-state index contributed by atoms with van der Waals surface area (Å²) in [5.41, 5.74) is 4.46. The zero-order valence-electron chi connectivity index (χ0n) is 17.9. The zero-order valence-corrected chi connectivity index (χ0v) is 18.7. The third-order valence-electron chi connectivity index (χ3n) is 6.18. The molecule has 4 aromatic rings. The molecule has 160 valence electrons. The summed E-state index contributed by atoms with van der Waals surface area (Å²) in [4.78, 5) is 14.9. The number of hydrogen-bond donors (Lipinski definition) is 0. The molecule has 1 heterocycles. The van der Waals surface area contributed by atoms with Crippen molar-refractivity contribution in [2.75, 3.05) is 11.4 Å². The number of ether oxygens (including phenoxy) is 1. The fourth-order valence-corrected chi connectivity index (χ4v) is 4.71. The third kappa shape index (κ3) is 3.85. The SMILES string of the molecule is CCN1C(=O)CC(c2ccc(OCc3ccc(Cl)cc3)cc2)c2c1ccc1ccccc21. The van der Waals surface area contributed by atoms with E-state index in [2.05, 4.69) is 48.5 Å². The van der Waals surface area contributed by atoms with Crippen molar-refractivity contribution in [1.82, 2.24) is 0 Å². The van der Waals surface area contributed by atoms with Crippen LogP contribution in [0.1, 0.15) is 36.0 Å². The van der Waals surface area contributed by atoms with Crippen molar-refractivity contribution in [3.63, 3.8) is 0 Å². The highest BCUT2D eigenvalue weighted by molar-refractivity contribution is 6.30. The Hall–Kier alpha value is -3.30. The van der Waals surface area contributed by atoms with E-state index in [1.54, 1.807) is 0 Å². The molecule has 0 radical (unpaired) electrons. The maximum absolute atomic E-state index is 12.9. The summed E-state index contributed by atoms with van der Waals surface area (Å²) in [5, 5.41) is 3.13. The van der Waals surface area contributed by atoms with Gasteiger partial charge in [-0.15, -0.1) is 0 Å². The molecule has 1 amide bonds. The fourth-order valence-electron chi connectivity index (χ4n) is 4.58. The van der Waals surface area contributed by atoms with Crippen LogP contribution in [0.3, 0.4) is 0 Å². The van der Waals surface area contributed by atoms with Gasteiger partial charge in [-0.05, 0) is 64.7 Å². The number of carbonyl (C=O) groups is 1. The minimum Gasteiger partial charge on any atom is -0.489 e. The summed E-state index contributed by atoms with van der Waals surface area (Å²) in [5.74, 6) is 0.999. The average molecular weight is 442 g/mol. The van der Waals surface area contributed by atoms with Gasteiger partial charge in [-0.25, -0.2) is 0 Å². The highest BCUT2D eigenvalue weighted by atomic mass is 35.5. The molecule has 3 nitrogen and oxygen atoms in total. The van der Waals surface area contributed by atoms with E-state index >= 15 is 0 Å². The Balaban J connectivity index is 1.46. The molecule has 0 saturated heterocycles. The molecule has 1 unspecified atom stereocenters. The van der Waals surface area contributed by atoms with E-state index in [1.165, 1.54) is 16.3 Å². The molecule has 0 N–H and O–H groups in total. The van der Waals surface area contributed by atoms with Crippen LogP contribution in [-0.4, -0.2) is 12.5 Å². The molecule has 0 fully saturated rings. The van der Waals surface area contributed by atoms with Crippen LogP contribution >= 0.6 is 11.6 Å².